The number of thiophene rings is 1. The van der Waals surface area contributed by atoms with Gasteiger partial charge in [0, 0.05) is 34.9 Å². The lowest BCUT2D eigenvalue weighted by molar-refractivity contribution is -0.151. The number of aliphatic carboxylic acids is 1. The third-order valence-corrected chi connectivity index (χ3v) is 9.28. The third-order valence-electron chi connectivity index (χ3n) is 7.57. The molecule has 9 heteroatoms. The smallest absolute Gasteiger partial charge is 0.325 e. The second-order valence-corrected chi connectivity index (χ2v) is 12.2. The molecule has 192 valence electrons. The number of fused-ring (bicyclic) bond motifs is 2. The molecule has 0 bridgehead atoms. The Balaban J connectivity index is 1.40. The predicted octanol–water partition coefficient (Wildman–Crippen LogP) is 5.02. The van der Waals surface area contributed by atoms with Gasteiger partial charge in [-0.05, 0) is 45.3 Å². The Bertz CT molecular complexity index is 1580. The van der Waals surface area contributed by atoms with E-state index in [2.05, 4.69) is 26.2 Å². The first kappa shape index (κ1) is 24.8. The van der Waals surface area contributed by atoms with Crippen molar-refractivity contribution < 1.29 is 19.5 Å². The van der Waals surface area contributed by atoms with Crippen molar-refractivity contribution in [1.29, 1.82) is 0 Å². The number of hydrogen-bond acceptors (Lipinski definition) is 5. The number of amides is 2. The molecule has 4 aromatic rings. The molecular weight excluding hydrogens is 566 g/mol. The average molecular weight is 590 g/mol. The van der Waals surface area contributed by atoms with E-state index in [4.69, 9.17) is 0 Å². The van der Waals surface area contributed by atoms with Crippen molar-refractivity contribution in [3.05, 3.63) is 98.8 Å². The maximum Gasteiger partial charge on any atom is 0.325 e. The number of para-hydroxylation sites is 1. The van der Waals surface area contributed by atoms with E-state index in [0.717, 1.165) is 30.7 Å². The predicted molar refractivity (Wildman–Crippen MR) is 149 cm³/mol. The van der Waals surface area contributed by atoms with Gasteiger partial charge in [0.05, 0.1) is 21.7 Å². The van der Waals surface area contributed by atoms with E-state index in [-0.39, 0.29) is 18.9 Å². The van der Waals surface area contributed by atoms with Crippen LogP contribution in [0.4, 0.5) is 0 Å². The van der Waals surface area contributed by atoms with Crippen molar-refractivity contribution in [2.75, 3.05) is 6.54 Å². The number of halogens is 1. The lowest BCUT2D eigenvalue weighted by atomic mass is 9.76. The summed E-state index contributed by atoms with van der Waals surface area (Å²) in [6.07, 6.45) is 5.49. The van der Waals surface area contributed by atoms with Crippen molar-refractivity contribution in [3.63, 3.8) is 0 Å². The van der Waals surface area contributed by atoms with Crippen LogP contribution in [0.2, 0.25) is 0 Å². The third kappa shape index (κ3) is 4.02. The molecule has 2 aromatic carbocycles. The number of carbonyl (C=O) groups is 3. The van der Waals surface area contributed by atoms with Gasteiger partial charge in [-0.15, -0.1) is 11.3 Å². The maximum absolute atomic E-state index is 13.9. The minimum atomic E-state index is -1.65. The van der Waals surface area contributed by atoms with Crippen LogP contribution in [0.3, 0.4) is 0 Å². The van der Waals surface area contributed by atoms with Crippen LogP contribution < -0.4 is 5.32 Å². The van der Waals surface area contributed by atoms with Crippen LogP contribution in [0.25, 0.3) is 17.0 Å². The zero-order valence-electron chi connectivity index (χ0n) is 20.1. The monoisotopic (exact) mass is 589 g/mol. The van der Waals surface area contributed by atoms with Crippen LogP contribution in [-0.2, 0) is 20.8 Å². The number of nitrogens with one attached hydrogen (secondary N) is 2. The number of benzene rings is 2. The van der Waals surface area contributed by atoms with Gasteiger partial charge in [0.1, 0.15) is 5.54 Å². The molecule has 2 aromatic heterocycles. The highest BCUT2D eigenvalue weighted by molar-refractivity contribution is 9.11. The Labute approximate surface area is 231 Å². The van der Waals surface area contributed by atoms with E-state index in [0.29, 0.717) is 0 Å². The fraction of sp³-hybridized carbons (Fsp3) is 0.207. The normalized spacial score (nSPS) is 25.1. The summed E-state index contributed by atoms with van der Waals surface area (Å²) >= 11 is 4.91. The van der Waals surface area contributed by atoms with E-state index in [1.54, 1.807) is 12.3 Å². The molecule has 0 radical (unpaired) electrons. The van der Waals surface area contributed by atoms with Crippen LogP contribution in [0.1, 0.15) is 22.0 Å². The Morgan fingerprint density at radius 3 is 2.55 bits per heavy atom. The van der Waals surface area contributed by atoms with Crippen molar-refractivity contribution in [2.45, 2.75) is 18.0 Å². The second-order valence-electron chi connectivity index (χ2n) is 9.68. The number of carbonyl (C=O) groups excluding carboxylic acids is 2. The molecule has 2 saturated heterocycles. The summed E-state index contributed by atoms with van der Waals surface area (Å²) in [7, 11) is 0. The molecule has 4 unspecified atom stereocenters. The van der Waals surface area contributed by atoms with Crippen LogP contribution in [0.15, 0.2) is 82.8 Å². The molecule has 2 aliphatic rings. The molecule has 4 heterocycles. The van der Waals surface area contributed by atoms with Crippen molar-refractivity contribution >= 4 is 62.0 Å². The molecular formula is C29H24BrN3O4S. The highest BCUT2D eigenvalue weighted by Crippen LogP contribution is 2.51. The number of H-pyrrole nitrogens is 1. The first-order chi connectivity index (χ1) is 18.4. The minimum absolute atomic E-state index is 0.0588. The topological polar surface area (TPSA) is 102 Å². The molecule has 3 N–H and O–H groups in total. The largest absolute Gasteiger partial charge is 0.480 e. The van der Waals surface area contributed by atoms with E-state index in [9.17, 15) is 19.5 Å². The Hall–Kier alpha value is -3.53. The van der Waals surface area contributed by atoms with Gasteiger partial charge in [-0.1, -0.05) is 60.7 Å². The van der Waals surface area contributed by atoms with Crippen LogP contribution in [0.5, 0.6) is 0 Å². The molecule has 38 heavy (non-hydrogen) atoms. The Morgan fingerprint density at radius 1 is 1.05 bits per heavy atom. The Kier molecular flexibility index (Phi) is 6.29. The number of carboxylic acid groups (broad SMARTS) is 1. The van der Waals surface area contributed by atoms with Gasteiger partial charge in [-0.2, -0.15) is 0 Å². The number of imide groups is 1. The van der Waals surface area contributed by atoms with Crippen LogP contribution in [0, 0.1) is 11.8 Å². The van der Waals surface area contributed by atoms with E-state index >= 15 is 0 Å². The summed E-state index contributed by atoms with van der Waals surface area (Å²) < 4.78 is 0.870. The molecule has 7 nitrogen and oxygen atoms in total. The van der Waals surface area contributed by atoms with Gasteiger partial charge in [0.15, 0.2) is 0 Å². The fourth-order valence-corrected chi connectivity index (χ4v) is 7.38. The summed E-state index contributed by atoms with van der Waals surface area (Å²) in [6, 6.07) is 20.4. The molecule has 2 fully saturated rings. The van der Waals surface area contributed by atoms with E-state index in [1.165, 1.54) is 16.2 Å². The number of rotatable bonds is 7. The van der Waals surface area contributed by atoms with Gasteiger partial charge in [0.25, 0.3) is 0 Å². The van der Waals surface area contributed by atoms with E-state index < -0.39 is 35.3 Å². The van der Waals surface area contributed by atoms with Crippen molar-refractivity contribution in [2.24, 2.45) is 11.8 Å². The highest BCUT2D eigenvalue weighted by Gasteiger charge is 2.68. The SMILES string of the molecule is O=C1C2C(c3ccc(Br)s3)NC(Cc3c[nH]c4ccccc34)(C(=O)O)C2C(=O)N1CC=Cc1ccccc1. The molecule has 0 spiro atoms. The molecule has 4 atom stereocenters. The zero-order valence-corrected chi connectivity index (χ0v) is 22.5. The summed E-state index contributed by atoms with van der Waals surface area (Å²) in [5.41, 5.74) is 0.971. The van der Waals surface area contributed by atoms with E-state index in [1.807, 2.05) is 72.8 Å². The number of nitrogens with zero attached hydrogens (tertiary/aromatic N) is 1. The average Bonchev–Trinajstić information content (AvgIpc) is 3.67. The van der Waals surface area contributed by atoms with Crippen molar-refractivity contribution in [1.82, 2.24) is 15.2 Å². The molecule has 0 saturated carbocycles. The van der Waals surface area contributed by atoms with Gasteiger partial charge in [-0.3, -0.25) is 24.6 Å². The quantitative estimate of drug-likeness (QED) is 0.263. The molecule has 6 rings (SSSR count). The fourth-order valence-electron chi connectivity index (χ4n) is 5.85. The number of aromatic amines is 1. The summed E-state index contributed by atoms with van der Waals surface area (Å²) in [6.45, 7) is 0.0865. The number of likely N-dealkylation sites (tertiary alicyclic amines) is 1. The van der Waals surface area contributed by atoms with Gasteiger partial charge in [-0.25, -0.2) is 0 Å². The Morgan fingerprint density at radius 2 is 1.82 bits per heavy atom. The molecule has 0 aliphatic carbocycles. The zero-order chi connectivity index (χ0) is 26.4. The number of carboxylic acids is 1. The summed E-state index contributed by atoms with van der Waals surface area (Å²) in [4.78, 5) is 46.0. The maximum atomic E-state index is 13.9. The van der Waals surface area contributed by atoms with Gasteiger partial charge < -0.3 is 10.1 Å². The summed E-state index contributed by atoms with van der Waals surface area (Å²) in [5.74, 6) is -3.80. The molecule has 2 aliphatic heterocycles. The van der Waals surface area contributed by atoms with Crippen LogP contribution in [-0.4, -0.2) is 44.9 Å². The molecule has 2 amide bonds. The lowest BCUT2D eigenvalue weighted by Gasteiger charge is -2.31. The first-order valence-electron chi connectivity index (χ1n) is 12.3. The number of hydrogen-bond donors (Lipinski definition) is 3. The first-order valence-corrected chi connectivity index (χ1v) is 13.9. The van der Waals surface area contributed by atoms with Gasteiger partial charge >= 0.3 is 5.97 Å². The standard InChI is InChI=1S/C29H24BrN3O4S/c30-22-13-12-21(38-22)25-23-24(27(35)33(26(23)34)14-6-9-17-7-2-1-3-8-17)29(32-25,28(36)37)15-18-16-31-20-11-5-4-10-19(18)20/h1-13,16,23-25,31-32H,14-15H2,(H,36,37). The number of aromatic nitrogens is 1. The van der Waals surface area contributed by atoms with Crippen LogP contribution >= 0.6 is 27.3 Å². The minimum Gasteiger partial charge on any atom is -0.480 e. The van der Waals surface area contributed by atoms with Crippen molar-refractivity contribution in [3.8, 4) is 0 Å². The highest BCUT2D eigenvalue weighted by atomic mass is 79.9. The second kappa shape index (κ2) is 9.65. The summed E-state index contributed by atoms with van der Waals surface area (Å²) in [5, 5.41) is 14.9. The lowest BCUT2D eigenvalue weighted by Crippen LogP contribution is -2.57. The van der Waals surface area contributed by atoms with Gasteiger partial charge in [0.2, 0.25) is 11.8 Å².